The number of hydrogen-bond donors (Lipinski definition) is 3. The Balaban J connectivity index is 1.76. The van der Waals surface area contributed by atoms with Gasteiger partial charge >= 0.3 is 6.18 Å². The monoisotopic (exact) mass is 361 g/mol. The molecule has 2 aliphatic heterocycles. The first-order valence-corrected chi connectivity index (χ1v) is 7.91. The molecule has 25 heavy (non-hydrogen) atoms. The van der Waals surface area contributed by atoms with E-state index in [1.807, 2.05) is 5.10 Å². The summed E-state index contributed by atoms with van der Waals surface area (Å²) >= 11 is 0. The van der Waals surface area contributed by atoms with Gasteiger partial charge in [-0.15, -0.1) is 0 Å². The molecule has 1 atom stereocenters. The maximum absolute atomic E-state index is 13.1. The van der Waals surface area contributed by atoms with Crippen molar-refractivity contribution < 1.29 is 22.7 Å². The van der Waals surface area contributed by atoms with Crippen molar-refractivity contribution in [3.8, 4) is 0 Å². The number of aromatic nitrogens is 2. The molecule has 3 N–H and O–H groups in total. The van der Waals surface area contributed by atoms with E-state index in [1.165, 1.54) is 0 Å². The van der Waals surface area contributed by atoms with Gasteiger partial charge in [-0.1, -0.05) is 0 Å². The number of rotatable bonds is 3. The molecule has 1 aromatic rings. The van der Waals surface area contributed by atoms with E-state index in [1.54, 1.807) is 4.90 Å². The van der Waals surface area contributed by atoms with Crippen LogP contribution in [0.2, 0.25) is 0 Å². The van der Waals surface area contributed by atoms with Crippen LogP contribution in [0.25, 0.3) is 0 Å². The van der Waals surface area contributed by atoms with Crippen LogP contribution in [-0.2, 0) is 15.7 Å². The predicted octanol–water partition coefficient (Wildman–Crippen LogP) is 0.0938. The zero-order valence-corrected chi connectivity index (χ0v) is 13.3. The zero-order chi connectivity index (χ0) is 18.0. The van der Waals surface area contributed by atoms with Crippen LogP contribution in [0.5, 0.6) is 0 Å². The van der Waals surface area contributed by atoms with Crippen LogP contribution in [0.15, 0.2) is 4.79 Å². The molecular formula is C14H18F3N5O3. The van der Waals surface area contributed by atoms with Crippen LogP contribution >= 0.6 is 0 Å². The lowest BCUT2D eigenvalue weighted by Crippen LogP contribution is -2.47. The smallest absolute Gasteiger partial charge is 0.383 e. The number of hydrogen-bond acceptors (Lipinski definition) is 6. The van der Waals surface area contributed by atoms with E-state index in [0.29, 0.717) is 32.6 Å². The van der Waals surface area contributed by atoms with Gasteiger partial charge in [-0.25, -0.2) is 5.10 Å². The summed E-state index contributed by atoms with van der Waals surface area (Å²) < 4.78 is 44.9. The van der Waals surface area contributed by atoms with Crippen LogP contribution in [0, 0.1) is 0 Å². The van der Waals surface area contributed by atoms with Gasteiger partial charge in [0.25, 0.3) is 5.56 Å². The Labute approximate surface area is 140 Å². The van der Waals surface area contributed by atoms with Crippen LogP contribution in [0.3, 0.4) is 0 Å². The van der Waals surface area contributed by atoms with Crippen molar-refractivity contribution in [2.75, 3.05) is 44.6 Å². The Hall–Kier alpha value is -2.14. The maximum Gasteiger partial charge on any atom is 0.423 e. The van der Waals surface area contributed by atoms with E-state index in [0.717, 1.165) is 0 Å². The zero-order valence-electron chi connectivity index (χ0n) is 13.3. The second-order valence-corrected chi connectivity index (χ2v) is 5.83. The van der Waals surface area contributed by atoms with E-state index in [-0.39, 0.29) is 30.4 Å². The predicted molar refractivity (Wildman–Crippen MR) is 81.1 cm³/mol. The summed E-state index contributed by atoms with van der Waals surface area (Å²) in [6, 6.07) is 0. The summed E-state index contributed by atoms with van der Waals surface area (Å²) in [4.78, 5) is 25.3. The minimum Gasteiger partial charge on any atom is -0.383 e. The van der Waals surface area contributed by atoms with Crippen molar-refractivity contribution in [1.29, 1.82) is 0 Å². The van der Waals surface area contributed by atoms with Crippen LogP contribution < -0.4 is 16.2 Å². The Bertz CT molecular complexity index is 700. The average molecular weight is 361 g/mol. The van der Waals surface area contributed by atoms with Gasteiger partial charge in [0.05, 0.1) is 5.69 Å². The number of H-pyrrole nitrogens is 1. The van der Waals surface area contributed by atoms with Crippen molar-refractivity contribution in [1.82, 2.24) is 20.4 Å². The SMILES string of the molecule is O=C(CO[C@@H]1CCNc2c1n[nH]c(=O)c2C(F)(F)F)N1CCNCC1. The Morgan fingerprint density at radius 2 is 2.00 bits per heavy atom. The quantitative estimate of drug-likeness (QED) is 0.706. The fourth-order valence-corrected chi connectivity index (χ4v) is 2.95. The molecule has 0 spiro atoms. The van der Waals surface area contributed by atoms with Gasteiger partial charge in [-0.2, -0.15) is 18.3 Å². The number of anilines is 1. The fraction of sp³-hybridized carbons (Fsp3) is 0.643. The summed E-state index contributed by atoms with van der Waals surface area (Å²) in [6.45, 7) is 2.46. The molecule has 2 aliphatic rings. The van der Waals surface area contributed by atoms with Crippen LogP contribution in [-0.4, -0.2) is 60.3 Å². The molecule has 1 fully saturated rings. The van der Waals surface area contributed by atoms with Crippen molar-refractivity contribution >= 4 is 11.6 Å². The van der Waals surface area contributed by atoms with Crippen molar-refractivity contribution in [2.45, 2.75) is 18.7 Å². The lowest BCUT2D eigenvalue weighted by Gasteiger charge is -2.30. The highest BCUT2D eigenvalue weighted by Crippen LogP contribution is 2.38. The molecule has 3 rings (SSSR count). The molecule has 1 aromatic heterocycles. The van der Waals surface area contributed by atoms with Gasteiger partial charge in [0.15, 0.2) is 0 Å². The molecule has 0 unspecified atom stereocenters. The van der Waals surface area contributed by atoms with E-state index >= 15 is 0 Å². The average Bonchev–Trinajstić information content (AvgIpc) is 2.58. The lowest BCUT2D eigenvalue weighted by atomic mass is 10.0. The summed E-state index contributed by atoms with van der Waals surface area (Å²) in [5, 5.41) is 11.3. The fourth-order valence-electron chi connectivity index (χ4n) is 2.95. The van der Waals surface area contributed by atoms with Crippen molar-refractivity contribution in [2.24, 2.45) is 0 Å². The first kappa shape index (κ1) is 17.7. The normalized spacial score (nSPS) is 20.8. The summed E-state index contributed by atoms with van der Waals surface area (Å²) in [6.07, 6.45) is -5.26. The number of piperazine rings is 1. The second kappa shape index (κ2) is 7.00. The summed E-state index contributed by atoms with van der Waals surface area (Å²) in [7, 11) is 0. The molecule has 0 aromatic carbocycles. The molecule has 0 saturated carbocycles. The molecule has 1 saturated heterocycles. The van der Waals surface area contributed by atoms with Gasteiger partial charge in [-0.3, -0.25) is 9.59 Å². The largest absolute Gasteiger partial charge is 0.423 e. The van der Waals surface area contributed by atoms with Gasteiger partial charge in [0.2, 0.25) is 5.91 Å². The van der Waals surface area contributed by atoms with Gasteiger partial charge in [0, 0.05) is 32.7 Å². The van der Waals surface area contributed by atoms with Gasteiger partial charge < -0.3 is 20.3 Å². The second-order valence-electron chi connectivity index (χ2n) is 5.83. The third-order valence-corrected chi connectivity index (χ3v) is 4.19. The number of halogens is 3. The number of nitrogens with zero attached hydrogens (tertiary/aromatic N) is 2. The number of alkyl halides is 3. The van der Waals surface area contributed by atoms with E-state index in [9.17, 15) is 22.8 Å². The number of ether oxygens (including phenoxy) is 1. The van der Waals surface area contributed by atoms with Crippen molar-refractivity contribution in [3.63, 3.8) is 0 Å². The highest BCUT2D eigenvalue weighted by atomic mass is 19.4. The Morgan fingerprint density at radius 1 is 1.28 bits per heavy atom. The number of amides is 1. The summed E-state index contributed by atoms with van der Waals surface area (Å²) in [5.74, 6) is -0.220. The van der Waals surface area contributed by atoms with E-state index in [2.05, 4.69) is 15.7 Å². The molecule has 1 amide bonds. The highest BCUT2D eigenvalue weighted by molar-refractivity contribution is 5.77. The van der Waals surface area contributed by atoms with E-state index < -0.39 is 23.4 Å². The molecule has 11 heteroatoms. The van der Waals surface area contributed by atoms with Crippen LogP contribution in [0.4, 0.5) is 18.9 Å². The van der Waals surface area contributed by atoms with E-state index in [4.69, 9.17) is 4.74 Å². The number of fused-ring (bicyclic) bond motifs is 1. The highest BCUT2D eigenvalue weighted by Gasteiger charge is 2.41. The van der Waals surface area contributed by atoms with Gasteiger partial charge in [0.1, 0.15) is 24.0 Å². The number of nitrogens with one attached hydrogen (secondary N) is 3. The Kier molecular flexibility index (Phi) is 4.95. The molecule has 0 radical (unpaired) electrons. The summed E-state index contributed by atoms with van der Waals surface area (Å²) in [5.41, 5.74) is -3.04. The van der Waals surface area contributed by atoms with Gasteiger partial charge in [-0.05, 0) is 6.42 Å². The minimum absolute atomic E-state index is 0.0358. The maximum atomic E-state index is 13.1. The third kappa shape index (κ3) is 3.76. The first-order valence-electron chi connectivity index (χ1n) is 7.91. The van der Waals surface area contributed by atoms with Crippen LogP contribution in [0.1, 0.15) is 23.8 Å². The third-order valence-electron chi connectivity index (χ3n) is 4.19. The standard InChI is InChI=1S/C14H18F3N5O3/c15-14(16,17)10-12-11(20-21-13(10)24)8(1-2-19-12)25-7-9(23)22-5-3-18-4-6-22/h8,18-19H,1-7H2,(H,21,24)/t8-/m1/s1. The van der Waals surface area contributed by atoms with Crippen molar-refractivity contribution in [3.05, 3.63) is 21.6 Å². The first-order chi connectivity index (χ1) is 11.9. The number of aromatic amines is 1. The molecule has 0 bridgehead atoms. The lowest BCUT2D eigenvalue weighted by molar-refractivity contribution is -0.140. The molecule has 138 valence electrons. The Morgan fingerprint density at radius 3 is 2.68 bits per heavy atom. The molecular weight excluding hydrogens is 343 g/mol. The topological polar surface area (TPSA) is 99.3 Å². The number of carbonyl (C=O) groups is 1. The molecule has 3 heterocycles. The molecule has 0 aliphatic carbocycles. The minimum atomic E-state index is -4.81. The molecule has 8 nitrogen and oxygen atoms in total. The number of carbonyl (C=O) groups excluding carboxylic acids is 1.